The lowest BCUT2D eigenvalue weighted by molar-refractivity contribution is 0.369. The second kappa shape index (κ2) is 12.0. The maximum Gasteiger partial charge on any atom is 0.857 e. The molecule has 0 aliphatic carbocycles. The van der Waals surface area contributed by atoms with Crippen LogP contribution in [-0.2, 0) is 21.7 Å². The summed E-state index contributed by atoms with van der Waals surface area (Å²) >= 11 is -2.28. The van der Waals surface area contributed by atoms with Gasteiger partial charge in [0.05, 0.1) is 25.7 Å². The zero-order chi connectivity index (χ0) is 30.1. The highest BCUT2D eigenvalue weighted by atomic mass is 27.2. The van der Waals surface area contributed by atoms with Crippen molar-refractivity contribution >= 4 is 14.8 Å². The summed E-state index contributed by atoms with van der Waals surface area (Å²) in [6, 6.07) is 8.56. The largest absolute Gasteiger partial charge is 0.857 e. The molecule has 0 aliphatic heterocycles. The first kappa shape index (κ1) is 33.4. The summed E-state index contributed by atoms with van der Waals surface area (Å²) in [5.41, 5.74) is 4.08. The van der Waals surface area contributed by atoms with Gasteiger partial charge in [0.2, 0.25) is 0 Å². The fourth-order valence-corrected chi connectivity index (χ4v) is 6.73. The van der Waals surface area contributed by atoms with Crippen LogP contribution in [0.2, 0.25) is 5.28 Å². The van der Waals surface area contributed by atoms with Gasteiger partial charge in [-0.25, -0.2) is 0 Å². The highest BCUT2D eigenvalue weighted by Gasteiger charge is 2.40. The SMILES string of the molecule is COc1cc(C(C)(C)C)c([O][Al]([CH2]C(C)C)[O]c2c(C(C)(C)C)cc(OC)cc2C(C)(C)C)c(C(C)(C)C)c1. The van der Waals surface area contributed by atoms with Gasteiger partial charge >= 0.3 is 14.8 Å². The van der Waals surface area contributed by atoms with Crippen LogP contribution in [0.15, 0.2) is 24.3 Å². The second-order valence-electron chi connectivity index (χ2n) is 15.4. The molecule has 0 amide bonds. The van der Waals surface area contributed by atoms with Crippen molar-refractivity contribution in [3.8, 4) is 23.0 Å². The number of rotatable bonds is 8. The first-order valence-electron chi connectivity index (χ1n) is 14.4. The Morgan fingerprint density at radius 1 is 0.538 bits per heavy atom. The quantitative estimate of drug-likeness (QED) is 0.305. The third-order valence-electron chi connectivity index (χ3n) is 6.99. The molecule has 0 unspecified atom stereocenters. The molecule has 0 aromatic heterocycles. The van der Waals surface area contributed by atoms with E-state index < -0.39 is 14.8 Å². The minimum Gasteiger partial charge on any atom is -0.611 e. The van der Waals surface area contributed by atoms with Gasteiger partial charge in [-0.3, -0.25) is 0 Å². The third kappa shape index (κ3) is 8.58. The minimum absolute atomic E-state index is 0.131. The molecule has 2 aromatic carbocycles. The number of benzene rings is 2. The Bertz CT molecular complexity index is 966. The Morgan fingerprint density at radius 2 is 0.795 bits per heavy atom. The van der Waals surface area contributed by atoms with Crippen LogP contribution in [0.3, 0.4) is 0 Å². The summed E-state index contributed by atoms with van der Waals surface area (Å²) in [4.78, 5) is 0. The monoisotopic (exact) mass is 554 g/mol. The highest BCUT2D eigenvalue weighted by molar-refractivity contribution is 6.46. The third-order valence-corrected chi connectivity index (χ3v) is 9.32. The molecule has 0 saturated carbocycles. The van der Waals surface area contributed by atoms with Gasteiger partial charge in [0.25, 0.3) is 0 Å². The van der Waals surface area contributed by atoms with Crippen LogP contribution >= 0.6 is 0 Å². The van der Waals surface area contributed by atoms with Crippen molar-refractivity contribution < 1.29 is 17.1 Å². The van der Waals surface area contributed by atoms with E-state index >= 15 is 0 Å². The molecule has 4 nitrogen and oxygen atoms in total. The number of methoxy groups -OCH3 is 2. The molecule has 5 heteroatoms. The zero-order valence-electron chi connectivity index (χ0n) is 27.8. The Hall–Kier alpha value is -1.83. The molecule has 0 spiro atoms. The average molecular weight is 555 g/mol. The number of ether oxygens (including phenoxy) is 2. The molecule has 0 saturated heterocycles. The summed E-state index contributed by atoms with van der Waals surface area (Å²) in [7, 11) is 3.47. The van der Waals surface area contributed by atoms with Crippen LogP contribution in [0.4, 0.5) is 0 Å². The summed E-state index contributed by atoms with van der Waals surface area (Å²) in [5, 5.41) is 0.887. The molecule has 218 valence electrons. The molecule has 0 atom stereocenters. The van der Waals surface area contributed by atoms with E-state index in [1.54, 1.807) is 14.2 Å². The van der Waals surface area contributed by atoms with Crippen molar-refractivity contribution in [3.05, 3.63) is 46.5 Å². The van der Waals surface area contributed by atoms with Crippen molar-refractivity contribution in [2.24, 2.45) is 5.92 Å². The van der Waals surface area contributed by atoms with E-state index in [4.69, 9.17) is 17.1 Å². The molecule has 0 N–H and O–H groups in total. The number of hydrogen-bond donors (Lipinski definition) is 0. The lowest BCUT2D eigenvalue weighted by Gasteiger charge is -2.34. The zero-order valence-corrected chi connectivity index (χ0v) is 29.0. The van der Waals surface area contributed by atoms with E-state index in [2.05, 4.69) is 121 Å². The molecule has 0 heterocycles. The van der Waals surface area contributed by atoms with Gasteiger partial charge in [-0.2, -0.15) is 0 Å². The van der Waals surface area contributed by atoms with E-state index in [0.29, 0.717) is 5.92 Å². The fraction of sp³-hybridized carbons (Fsp3) is 0.647. The van der Waals surface area contributed by atoms with Gasteiger partial charge in [-0.05, 0) is 51.2 Å². The van der Waals surface area contributed by atoms with Crippen molar-refractivity contribution in [1.82, 2.24) is 0 Å². The molecule has 39 heavy (non-hydrogen) atoms. The van der Waals surface area contributed by atoms with Gasteiger partial charge in [0.1, 0.15) is 11.5 Å². The van der Waals surface area contributed by atoms with E-state index in [1.165, 1.54) is 0 Å². The Balaban J connectivity index is 2.84. The van der Waals surface area contributed by atoms with Gasteiger partial charge in [-0.15, -0.1) is 0 Å². The minimum atomic E-state index is -2.28. The molecule has 0 radical (unpaired) electrons. The van der Waals surface area contributed by atoms with Gasteiger partial charge < -0.3 is 17.1 Å². The van der Waals surface area contributed by atoms with E-state index in [-0.39, 0.29) is 21.7 Å². The molecule has 0 bridgehead atoms. The molecular weight excluding hydrogens is 499 g/mol. The normalized spacial score (nSPS) is 12.9. The molecule has 0 aliphatic rings. The molecule has 0 fully saturated rings. The van der Waals surface area contributed by atoms with E-state index in [9.17, 15) is 0 Å². The molecule has 2 rings (SSSR count). The van der Waals surface area contributed by atoms with Crippen LogP contribution in [-0.4, -0.2) is 29.0 Å². The fourth-order valence-electron chi connectivity index (χ4n) is 4.69. The van der Waals surface area contributed by atoms with Crippen LogP contribution < -0.4 is 17.1 Å². The van der Waals surface area contributed by atoms with Crippen molar-refractivity contribution in [2.45, 2.75) is 124 Å². The van der Waals surface area contributed by atoms with Crippen molar-refractivity contribution in [1.29, 1.82) is 0 Å². The molecular formula is C34H55AlO4. The summed E-state index contributed by atoms with van der Waals surface area (Å²) in [6.45, 7) is 31.3. The van der Waals surface area contributed by atoms with E-state index in [1.807, 2.05) is 0 Å². The molecule has 2 aromatic rings. The van der Waals surface area contributed by atoms with Crippen molar-refractivity contribution in [3.63, 3.8) is 0 Å². The van der Waals surface area contributed by atoms with Gasteiger partial charge in [0, 0.05) is 22.3 Å². The Kier molecular flexibility index (Phi) is 10.2. The first-order chi connectivity index (χ1) is 17.6. The Morgan fingerprint density at radius 3 is 0.974 bits per heavy atom. The first-order valence-corrected chi connectivity index (χ1v) is 16.1. The maximum atomic E-state index is 7.17. The van der Waals surface area contributed by atoms with Crippen molar-refractivity contribution in [2.75, 3.05) is 14.2 Å². The van der Waals surface area contributed by atoms with Gasteiger partial charge in [0.15, 0.2) is 0 Å². The van der Waals surface area contributed by atoms with Crippen LogP contribution in [0.25, 0.3) is 0 Å². The predicted octanol–water partition coefficient (Wildman–Crippen LogP) is 9.50. The summed E-state index contributed by atoms with van der Waals surface area (Å²) < 4.78 is 25.8. The smallest absolute Gasteiger partial charge is 0.611 e. The van der Waals surface area contributed by atoms with E-state index in [0.717, 1.165) is 50.5 Å². The lowest BCUT2D eigenvalue weighted by Crippen LogP contribution is -2.35. The number of hydrogen-bond acceptors (Lipinski definition) is 4. The Labute approximate surface area is 244 Å². The lowest BCUT2D eigenvalue weighted by atomic mass is 9.79. The van der Waals surface area contributed by atoms with Crippen LogP contribution in [0, 0.1) is 5.92 Å². The summed E-state index contributed by atoms with van der Waals surface area (Å²) in [5.74, 6) is 4.07. The van der Waals surface area contributed by atoms with Crippen LogP contribution in [0.5, 0.6) is 23.0 Å². The van der Waals surface area contributed by atoms with Crippen LogP contribution in [0.1, 0.15) is 119 Å². The average Bonchev–Trinajstić information content (AvgIpc) is 2.75. The standard InChI is InChI=1S/2C15H24O2.C4H9.Al/c2*1-14(2,3)11-8-10(17-7)9-12(13(11)16)15(4,5)6;1-4(2)3;/h2*8-9,16H,1-7H3;4H,1H2,2-3H3;/q;;;+2/p-2. The summed E-state index contributed by atoms with van der Waals surface area (Å²) in [6.07, 6.45) is 0. The van der Waals surface area contributed by atoms with Gasteiger partial charge in [-0.1, -0.05) is 103 Å². The maximum absolute atomic E-state index is 7.17. The second-order valence-corrected chi connectivity index (χ2v) is 17.2. The topological polar surface area (TPSA) is 36.9 Å². The predicted molar refractivity (Wildman–Crippen MR) is 167 cm³/mol. The highest BCUT2D eigenvalue weighted by Crippen LogP contribution is 2.45.